The molecule has 0 aliphatic carbocycles. The molecule has 0 aliphatic rings. The van der Waals surface area contributed by atoms with Gasteiger partial charge in [0.2, 0.25) is 0 Å². The normalized spacial score (nSPS) is 13.8. The van der Waals surface area contributed by atoms with E-state index < -0.39 is 0 Å². The average molecular weight is 274 g/mol. The summed E-state index contributed by atoms with van der Waals surface area (Å²) in [4.78, 5) is 4.31. The van der Waals surface area contributed by atoms with Crippen LogP contribution < -0.4 is 10.1 Å². The number of hydrogen-bond acceptors (Lipinski definition) is 3. The van der Waals surface area contributed by atoms with Crippen LogP contribution in [0.5, 0.6) is 5.75 Å². The van der Waals surface area contributed by atoms with Crippen LogP contribution in [0.4, 0.5) is 4.39 Å². The summed E-state index contributed by atoms with van der Waals surface area (Å²) in [6.45, 7) is 4.04. The molecule has 0 aliphatic heterocycles. The second-order valence-electron chi connectivity index (χ2n) is 4.76. The van der Waals surface area contributed by atoms with E-state index in [9.17, 15) is 4.39 Å². The molecule has 2 aromatic rings. The lowest BCUT2D eigenvalue weighted by atomic mass is 10.1. The molecule has 1 N–H and O–H groups in total. The third-order valence-electron chi connectivity index (χ3n) is 3.31. The first-order valence-electron chi connectivity index (χ1n) is 6.62. The quantitative estimate of drug-likeness (QED) is 0.903. The van der Waals surface area contributed by atoms with Gasteiger partial charge < -0.3 is 10.1 Å². The number of aromatic nitrogens is 1. The molecule has 4 heteroatoms. The van der Waals surface area contributed by atoms with Crippen LogP contribution in [0.15, 0.2) is 42.6 Å². The zero-order chi connectivity index (χ0) is 14.5. The van der Waals surface area contributed by atoms with Crippen LogP contribution in [0.1, 0.15) is 37.2 Å². The first-order chi connectivity index (χ1) is 9.61. The summed E-state index contributed by atoms with van der Waals surface area (Å²) in [7, 11) is 1.46. The molecular formula is C16H19FN2O. The molecule has 1 aromatic carbocycles. The van der Waals surface area contributed by atoms with Gasteiger partial charge in [0.05, 0.1) is 12.8 Å². The first kappa shape index (κ1) is 14.5. The minimum absolute atomic E-state index is 0.0208. The zero-order valence-corrected chi connectivity index (χ0v) is 11.9. The molecule has 0 saturated carbocycles. The summed E-state index contributed by atoms with van der Waals surface area (Å²) < 4.78 is 18.6. The number of ether oxygens (including phenoxy) is 1. The lowest BCUT2D eigenvalue weighted by molar-refractivity contribution is 0.385. The number of pyridine rings is 1. The van der Waals surface area contributed by atoms with Crippen molar-refractivity contribution in [3.05, 3.63) is 59.7 Å². The molecule has 1 unspecified atom stereocenters. The van der Waals surface area contributed by atoms with E-state index in [4.69, 9.17) is 4.74 Å². The van der Waals surface area contributed by atoms with Gasteiger partial charge in [-0.05, 0) is 43.7 Å². The Hall–Kier alpha value is -1.94. The Balaban J connectivity index is 2.08. The topological polar surface area (TPSA) is 34.1 Å². The zero-order valence-electron chi connectivity index (χ0n) is 11.9. The molecule has 0 bridgehead atoms. The van der Waals surface area contributed by atoms with Crippen molar-refractivity contribution in [2.24, 2.45) is 0 Å². The van der Waals surface area contributed by atoms with Gasteiger partial charge in [-0.3, -0.25) is 4.98 Å². The highest BCUT2D eigenvalue weighted by Crippen LogP contribution is 2.23. The third-order valence-corrected chi connectivity index (χ3v) is 3.31. The van der Waals surface area contributed by atoms with E-state index >= 15 is 0 Å². The fraction of sp³-hybridized carbons (Fsp3) is 0.312. The smallest absolute Gasteiger partial charge is 0.165 e. The van der Waals surface area contributed by atoms with E-state index in [1.165, 1.54) is 13.2 Å². The van der Waals surface area contributed by atoms with Crippen LogP contribution in [-0.4, -0.2) is 12.1 Å². The summed E-state index contributed by atoms with van der Waals surface area (Å²) in [5.41, 5.74) is 1.85. The number of methoxy groups -OCH3 is 1. The summed E-state index contributed by atoms with van der Waals surface area (Å²) in [5, 5.41) is 3.41. The second-order valence-corrected chi connectivity index (χ2v) is 4.76. The highest BCUT2D eigenvalue weighted by Gasteiger charge is 2.13. The van der Waals surface area contributed by atoms with Crippen molar-refractivity contribution in [1.82, 2.24) is 10.3 Å². The number of benzene rings is 1. The van der Waals surface area contributed by atoms with Crippen LogP contribution >= 0.6 is 0 Å². The molecule has 2 atom stereocenters. The van der Waals surface area contributed by atoms with Crippen LogP contribution in [0.3, 0.4) is 0 Å². The molecule has 20 heavy (non-hydrogen) atoms. The summed E-state index contributed by atoms with van der Waals surface area (Å²) in [6, 6.07) is 10.9. The van der Waals surface area contributed by atoms with Gasteiger partial charge >= 0.3 is 0 Å². The highest BCUT2D eigenvalue weighted by atomic mass is 19.1. The monoisotopic (exact) mass is 274 g/mol. The van der Waals surface area contributed by atoms with Crippen molar-refractivity contribution < 1.29 is 9.13 Å². The predicted molar refractivity (Wildman–Crippen MR) is 77.2 cm³/mol. The van der Waals surface area contributed by atoms with Gasteiger partial charge in [-0.25, -0.2) is 4.39 Å². The Labute approximate surface area is 118 Å². The fourth-order valence-electron chi connectivity index (χ4n) is 2.14. The fourth-order valence-corrected chi connectivity index (χ4v) is 2.14. The number of hydrogen-bond donors (Lipinski definition) is 1. The lowest BCUT2D eigenvalue weighted by Gasteiger charge is -2.20. The van der Waals surface area contributed by atoms with Crippen molar-refractivity contribution >= 4 is 0 Å². The van der Waals surface area contributed by atoms with E-state index in [1.807, 2.05) is 38.1 Å². The number of nitrogens with one attached hydrogen (secondary N) is 1. The molecule has 0 fully saturated rings. The van der Waals surface area contributed by atoms with E-state index in [0.29, 0.717) is 0 Å². The molecular weight excluding hydrogens is 255 g/mol. The summed E-state index contributed by atoms with van der Waals surface area (Å²) >= 11 is 0. The van der Waals surface area contributed by atoms with Gasteiger partial charge in [-0.1, -0.05) is 12.1 Å². The number of halogens is 1. The molecule has 1 aromatic heterocycles. The predicted octanol–water partition coefficient (Wildman–Crippen LogP) is 3.64. The molecule has 0 spiro atoms. The third kappa shape index (κ3) is 3.33. The first-order valence-corrected chi connectivity index (χ1v) is 6.62. The maximum Gasteiger partial charge on any atom is 0.165 e. The van der Waals surface area contributed by atoms with Crippen molar-refractivity contribution in [2.45, 2.75) is 25.9 Å². The minimum atomic E-state index is -0.343. The maximum atomic E-state index is 13.7. The van der Waals surface area contributed by atoms with Crippen LogP contribution in [0.25, 0.3) is 0 Å². The highest BCUT2D eigenvalue weighted by molar-refractivity contribution is 5.31. The van der Waals surface area contributed by atoms with E-state index in [1.54, 1.807) is 12.3 Å². The van der Waals surface area contributed by atoms with E-state index in [0.717, 1.165) is 11.3 Å². The molecule has 0 saturated heterocycles. The molecule has 106 valence electrons. The minimum Gasteiger partial charge on any atom is -0.494 e. The Bertz CT molecular complexity index is 560. The number of rotatable bonds is 5. The Morgan fingerprint density at radius 3 is 2.55 bits per heavy atom. The Morgan fingerprint density at radius 2 is 1.95 bits per heavy atom. The van der Waals surface area contributed by atoms with Gasteiger partial charge in [0.25, 0.3) is 0 Å². The summed E-state index contributed by atoms with van der Waals surface area (Å²) in [6.07, 6.45) is 1.77. The molecule has 0 radical (unpaired) electrons. The van der Waals surface area contributed by atoms with Gasteiger partial charge in [0.15, 0.2) is 11.6 Å². The van der Waals surface area contributed by atoms with Crippen molar-refractivity contribution in [3.63, 3.8) is 0 Å². The standard InChI is InChI=1S/C16H19FN2O/c1-11(13-7-8-16(20-3)14(17)10-13)19-12(2)15-6-4-5-9-18-15/h4-12,19H,1-3H3/t11?,12-/m1/s1. The molecule has 3 nitrogen and oxygen atoms in total. The van der Waals surface area contributed by atoms with Gasteiger partial charge in [0, 0.05) is 18.3 Å². The van der Waals surface area contributed by atoms with Crippen LogP contribution in [0, 0.1) is 5.82 Å². The summed E-state index contributed by atoms with van der Waals surface area (Å²) in [5.74, 6) is -0.0807. The SMILES string of the molecule is COc1ccc(C(C)N[C@H](C)c2ccccn2)cc1F. The van der Waals surface area contributed by atoms with Crippen molar-refractivity contribution in [3.8, 4) is 5.75 Å². The largest absolute Gasteiger partial charge is 0.494 e. The molecule has 0 amide bonds. The van der Waals surface area contributed by atoms with Gasteiger partial charge in [0.1, 0.15) is 0 Å². The Morgan fingerprint density at radius 1 is 1.15 bits per heavy atom. The number of nitrogens with zero attached hydrogens (tertiary/aromatic N) is 1. The van der Waals surface area contributed by atoms with Gasteiger partial charge in [-0.2, -0.15) is 0 Å². The van der Waals surface area contributed by atoms with Crippen molar-refractivity contribution in [1.29, 1.82) is 0 Å². The van der Waals surface area contributed by atoms with E-state index in [-0.39, 0.29) is 23.7 Å². The van der Waals surface area contributed by atoms with Gasteiger partial charge in [-0.15, -0.1) is 0 Å². The van der Waals surface area contributed by atoms with E-state index in [2.05, 4.69) is 10.3 Å². The van der Waals surface area contributed by atoms with Crippen LogP contribution in [0.2, 0.25) is 0 Å². The second kappa shape index (κ2) is 6.48. The van der Waals surface area contributed by atoms with Crippen LogP contribution in [-0.2, 0) is 0 Å². The maximum absolute atomic E-state index is 13.7. The van der Waals surface area contributed by atoms with Crippen molar-refractivity contribution in [2.75, 3.05) is 7.11 Å². The Kier molecular flexibility index (Phi) is 4.69. The molecule has 2 rings (SSSR count). The lowest BCUT2D eigenvalue weighted by Crippen LogP contribution is -2.23. The molecule has 1 heterocycles. The average Bonchev–Trinajstić information content (AvgIpc) is 2.48.